The standard InChI is InChI=1S/C8H7N2O5PS.2C4H11NO2/c9-7(11)8-10-5-2-1-4(3-6(5)17-8)15-16(12,13)14;2*1-4(5,2-6)3-7/h1-3H,(H2,9,11)(H2,12,13,14);2*6-7H,2-3,5H2,1H3. The van der Waals surface area contributed by atoms with Crippen LogP contribution in [0.25, 0.3) is 10.2 Å². The van der Waals surface area contributed by atoms with E-state index in [4.69, 9.17) is 47.4 Å². The molecule has 12 N–H and O–H groups in total. The van der Waals surface area contributed by atoms with Gasteiger partial charge in [0.15, 0.2) is 5.01 Å². The number of aliphatic hydroxyl groups is 4. The zero-order valence-electron chi connectivity index (χ0n) is 17.0. The summed E-state index contributed by atoms with van der Waals surface area (Å²) in [5.74, 6) is -0.644. The van der Waals surface area contributed by atoms with Crippen molar-refractivity contribution in [1.82, 2.24) is 4.98 Å². The van der Waals surface area contributed by atoms with Crippen molar-refractivity contribution in [3.8, 4) is 5.75 Å². The van der Waals surface area contributed by atoms with Crippen LogP contribution in [0.15, 0.2) is 18.2 Å². The summed E-state index contributed by atoms with van der Waals surface area (Å²) >= 11 is 1.03. The number of aromatic nitrogens is 1. The van der Waals surface area contributed by atoms with Crippen LogP contribution in [0.1, 0.15) is 23.6 Å². The first kappa shape index (κ1) is 29.3. The number of nitrogens with zero attached hydrogens (tertiary/aromatic N) is 1. The second-order valence-corrected chi connectivity index (χ2v) is 9.23. The van der Waals surface area contributed by atoms with E-state index in [1.807, 2.05) is 0 Å². The monoisotopic (exact) mass is 484 g/mol. The van der Waals surface area contributed by atoms with E-state index in [9.17, 15) is 9.36 Å². The second-order valence-electron chi connectivity index (χ2n) is 7.04. The molecule has 2 rings (SSSR count). The molecular weight excluding hydrogens is 455 g/mol. The highest BCUT2D eigenvalue weighted by Gasteiger charge is 2.17. The van der Waals surface area contributed by atoms with E-state index in [-0.39, 0.29) is 37.2 Å². The van der Waals surface area contributed by atoms with Crippen molar-refractivity contribution in [1.29, 1.82) is 0 Å². The highest BCUT2D eigenvalue weighted by Crippen LogP contribution is 2.39. The van der Waals surface area contributed by atoms with E-state index in [0.29, 0.717) is 10.2 Å². The number of amides is 1. The SMILES string of the molecule is CC(N)(CO)CO.CC(N)(CO)CO.NC(=O)c1nc2ccc(OP(=O)(O)O)cc2s1. The lowest BCUT2D eigenvalue weighted by atomic mass is 10.1. The molecule has 1 aromatic heterocycles. The Morgan fingerprint density at radius 2 is 1.52 bits per heavy atom. The van der Waals surface area contributed by atoms with Crippen LogP contribution in [-0.2, 0) is 4.57 Å². The van der Waals surface area contributed by atoms with Gasteiger partial charge >= 0.3 is 7.82 Å². The number of nitrogens with two attached hydrogens (primary N) is 3. The number of phosphoric ester groups is 1. The quantitative estimate of drug-likeness (QED) is 0.198. The van der Waals surface area contributed by atoms with Gasteiger partial charge in [0.1, 0.15) is 5.75 Å². The second kappa shape index (κ2) is 12.4. The lowest BCUT2D eigenvalue weighted by Gasteiger charge is -2.16. The van der Waals surface area contributed by atoms with Gasteiger partial charge in [0, 0.05) is 6.07 Å². The van der Waals surface area contributed by atoms with Gasteiger partial charge in [-0.05, 0) is 26.0 Å². The molecule has 2 aromatic rings. The molecule has 1 amide bonds. The van der Waals surface area contributed by atoms with Crippen LogP contribution in [0.3, 0.4) is 0 Å². The normalized spacial score (nSPS) is 11.8. The first-order valence-corrected chi connectivity index (χ1v) is 10.9. The first-order valence-electron chi connectivity index (χ1n) is 8.56. The summed E-state index contributed by atoms with van der Waals surface area (Å²) < 4.78 is 15.6. The third-order valence-electron chi connectivity index (χ3n) is 3.24. The van der Waals surface area contributed by atoms with Crippen molar-refractivity contribution in [2.45, 2.75) is 24.9 Å². The van der Waals surface area contributed by atoms with E-state index in [1.54, 1.807) is 13.8 Å². The number of carbonyl (C=O) groups is 1. The third kappa shape index (κ3) is 12.0. The van der Waals surface area contributed by atoms with Crippen LogP contribution in [0.4, 0.5) is 0 Å². The van der Waals surface area contributed by atoms with Crippen molar-refractivity contribution in [3.63, 3.8) is 0 Å². The van der Waals surface area contributed by atoms with Gasteiger partial charge in [-0.2, -0.15) is 0 Å². The van der Waals surface area contributed by atoms with Crippen LogP contribution in [0, 0.1) is 0 Å². The molecule has 1 heterocycles. The molecule has 0 saturated heterocycles. The maximum Gasteiger partial charge on any atom is 0.524 e. The Bertz CT molecular complexity index is 857. The summed E-state index contributed by atoms with van der Waals surface area (Å²) in [5, 5.41) is 33.4. The zero-order chi connectivity index (χ0) is 24.5. The molecular formula is C16H29N4O9PS. The summed E-state index contributed by atoms with van der Waals surface area (Å²) in [6, 6.07) is 4.23. The van der Waals surface area contributed by atoms with Gasteiger partial charge in [-0.25, -0.2) is 9.55 Å². The Kier molecular flexibility index (Phi) is 11.7. The van der Waals surface area contributed by atoms with Gasteiger partial charge in [-0.1, -0.05) is 0 Å². The number of rotatable bonds is 7. The molecule has 1 aromatic carbocycles. The maximum atomic E-state index is 10.9. The van der Waals surface area contributed by atoms with E-state index in [1.165, 1.54) is 18.2 Å². The number of phosphoric acid groups is 1. The summed E-state index contributed by atoms with van der Waals surface area (Å²) in [6.07, 6.45) is 0. The minimum absolute atomic E-state index is 0.00510. The van der Waals surface area contributed by atoms with Crippen molar-refractivity contribution in [2.75, 3.05) is 26.4 Å². The molecule has 0 aliphatic heterocycles. The summed E-state index contributed by atoms with van der Waals surface area (Å²) in [5.41, 5.74) is 14.4. The lowest BCUT2D eigenvalue weighted by Crippen LogP contribution is -2.43. The molecule has 31 heavy (non-hydrogen) atoms. The van der Waals surface area contributed by atoms with Gasteiger partial charge in [-0.3, -0.25) is 14.6 Å². The van der Waals surface area contributed by atoms with Crippen molar-refractivity contribution in [2.24, 2.45) is 17.2 Å². The molecule has 0 spiro atoms. The zero-order valence-corrected chi connectivity index (χ0v) is 18.7. The molecule has 0 atom stereocenters. The number of hydrogen-bond donors (Lipinski definition) is 9. The number of thiazole rings is 1. The molecule has 0 unspecified atom stereocenters. The highest BCUT2D eigenvalue weighted by molar-refractivity contribution is 7.46. The van der Waals surface area contributed by atoms with Crippen LogP contribution < -0.4 is 21.7 Å². The number of hydrogen-bond acceptors (Lipinski definition) is 11. The average Bonchev–Trinajstić information content (AvgIpc) is 3.11. The first-order chi connectivity index (χ1) is 14.1. The Morgan fingerprint density at radius 3 is 1.84 bits per heavy atom. The topological polar surface area (TPSA) is 256 Å². The minimum Gasteiger partial charge on any atom is -0.404 e. The van der Waals surface area contributed by atoms with Crippen molar-refractivity contribution in [3.05, 3.63) is 23.2 Å². The smallest absolute Gasteiger partial charge is 0.404 e. The van der Waals surface area contributed by atoms with E-state index in [2.05, 4.69) is 9.51 Å². The predicted molar refractivity (Wildman–Crippen MR) is 114 cm³/mol. The Morgan fingerprint density at radius 1 is 1.06 bits per heavy atom. The minimum atomic E-state index is -4.59. The maximum absolute atomic E-state index is 10.9. The molecule has 178 valence electrons. The number of benzene rings is 1. The summed E-state index contributed by atoms with van der Waals surface area (Å²) in [6.45, 7) is 2.44. The molecule has 15 heteroatoms. The predicted octanol–water partition coefficient (Wildman–Crippen LogP) is -1.76. The fourth-order valence-corrected chi connectivity index (χ4v) is 2.54. The molecule has 0 saturated carbocycles. The summed E-state index contributed by atoms with van der Waals surface area (Å²) in [7, 11) is -4.59. The molecule has 0 radical (unpaired) electrons. The fourth-order valence-electron chi connectivity index (χ4n) is 1.30. The van der Waals surface area contributed by atoms with E-state index in [0.717, 1.165) is 11.3 Å². The fraction of sp³-hybridized carbons (Fsp3) is 0.500. The van der Waals surface area contributed by atoms with Gasteiger partial charge in [0.25, 0.3) is 5.91 Å². The van der Waals surface area contributed by atoms with Crippen LogP contribution in [0.2, 0.25) is 0 Å². The third-order valence-corrected chi connectivity index (χ3v) is 4.72. The van der Waals surface area contributed by atoms with Gasteiger partial charge in [-0.15, -0.1) is 11.3 Å². The number of fused-ring (bicyclic) bond motifs is 1. The van der Waals surface area contributed by atoms with Crippen molar-refractivity contribution < 1.29 is 44.1 Å². The van der Waals surface area contributed by atoms with Crippen molar-refractivity contribution >= 4 is 35.3 Å². The van der Waals surface area contributed by atoms with Crippen LogP contribution in [0.5, 0.6) is 5.75 Å². The lowest BCUT2D eigenvalue weighted by molar-refractivity contribution is 0.1000. The Hall–Kier alpha value is -1.71. The van der Waals surface area contributed by atoms with Gasteiger partial charge in [0.05, 0.1) is 47.7 Å². The Balaban J connectivity index is 0.000000536. The van der Waals surface area contributed by atoms with Crippen LogP contribution in [-0.4, -0.2) is 78.6 Å². The van der Waals surface area contributed by atoms with E-state index < -0.39 is 24.8 Å². The highest BCUT2D eigenvalue weighted by atomic mass is 32.1. The molecule has 13 nitrogen and oxygen atoms in total. The van der Waals surface area contributed by atoms with Gasteiger partial charge in [0.2, 0.25) is 0 Å². The molecule has 0 aliphatic rings. The summed E-state index contributed by atoms with van der Waals surface area (Å²) in [4.78, 5) is 32.1. The van der Waals surface area contributed by atoms with E-state index >= 15 is 0 Å². The number of primary amides is 1. The molecule has 0 bridgehead atoms. The Labute approximate surface area is 182 Å². The van der Waals surface area contributed by atoms with Gasteiger partial charge < -0.3 is 42.2 Å². The molecule has 0 aliphatic carbocycles. The number of carbonyl (C=O) groups excluding carboxylic acids is 1. The number of aliphatic hydroxyl groups excluding tert-OH is 4. The molecule has 0 fully saturated rings. The largest absolute Gasteiger partial charge is 0.524 e. The van der Waals surface area contributed by atoms with Crippen LogP contribution >= 0.6 is 19.2 Å². The average molecular weight is 484 g/mol.